The van der Waals surface area contributed by atoms with Gasteiger partial charge in [-0.1, -0.05) is 38.8 Å². The Hall–Kier alpha value is -1.88. The van der Waals surface area contributed by atoms with Crippen LogP contribution < -0.4 is 15.4 Å². The Morgan fingerprint density at radius 3 is 2.78 bits per heavy atom. The highest BCUT2D eigenvalue weighted by molar-refractivity contribution is 7.80. The van der Waals surface area contributed by atoms with E-state index in [2.05, 4.69) is 24.1 Å². The van der Waals surface area contributed by atoms with Crippen molar-refractivity contribution in [1.29, 1.82) is 0 Å². The quantitative estimate of drug-likeness (QED) is 0.399. The van der Waals surface area contributed by atoms with E-state index in [-0.39, 0.29) is 5.91 Å². The standard InChI is InChI=1S/C18H26N2O2S/c1-4-5-6-7-11-17(21)20-18(23)19-15-9-8-10-16(12-15)22-13-14(2)3/h8-10,12H,2,4-7,11,13H2,1,3H3,(H2,19,20,21,23). The van der Waals surface area contributed by atoms with Gasteiger partial charge in [0.15, 0.2) is 5.11 Å². The SMILES string of the molecule is C=C(C)COc1cccc(NC(=S)NC(=O)CCCCCC)c1. The van der Waals surface area contributed by atoms with Crippen molar-refractivity contribution in [2.75, 3.05) is 11.9 Å². The molecule has 0 fully saturated rings. The lowest BCUT2D eigenvalue weighted by Crippen LogP contribution is -2.33. The molecule has 2 N–H and O–H groups in total. The third-order valence-corrected chi connectivity index (χ3v) is 3.29. The molecule has 0 spiro atoms. The van der Waals surface area contributed by atoms with Gasteiger partial charge in [-0.3, -0.25) is 4.79 Å². The number of ether oxygens (including phenoxy) is 1. The molecule has 0 heterocycles. The number of hydrogen-bond donors (Lipinski definition) is 2. The van der Waals surface area contributed by atoms with Crippen LogP contribution in [0.25, 0.3) is 0 Å². The average molecular weight is 334 g/mol. The second-order valence-electron chi connectivity index (χ2n) is 5.59. The lowest BCUT2D eigenvalue weighted by Gasteiger charge is -2.11. The van der Waals surface area contributed by atoms with Crippen LogP contribution in [0.15, 0.2) is 36.4 Å². The van der Waals surface area contributed by atoms with Crippen LogP contribution in [0.5, 0.6) is 5.75 Å². The van der Waals surface area contributed by atoms with Gasteiger partial charge in [0, 0.05) is 18.2 Å². The zero-order valence-electron chi connectivity index (χ0n) is 14.0. The number of carbonyl (C=O) groups excluding carboxylic acids is 1. The van der Waals surface area contributed by atoms with Crippen LogP contribution in [0.3, 0.4) is 0 Å². The molecule has 0 bridgehead atoms. The minimum Gasteiger partial charge on any atom is -0.489 e. The van der Waals surface area contributed by atoms with Crippen molar-refractivity contribution in [3.63, 3.8) is 0 Å². The van der Waals surface area contributed by atoms with E-state index >= 15 is 0 Å². The number of nitrogens with one attached hydrogen (secondary N) is 2. The molecule has 0 saturated carbocycles. The molecular weight excluding hydrogens is 308 g/mol. The zero-order chi connectivity index (χ0) is 17.1. The number of benzene rings is 1. The second kappa shape index (κ2) is 10.8. The Morgan fingerprint density at radius 1 is 1.30 bits per heavy atom. The zero-order valence-corrected chi connectivity index (χ0v) is 14.8. The van der Waals surface area contributed by atoms with Gasteiger partial charge in [-0.25, -0.2) is 0 Å². The summed E-state index contributed by atoms with van der Waals surface area (Å²) < 4.78 is 5.58. The molecule has 5 heteroatoms. The van der Waals surface area contributed by atoms with E-state index < -0.39 is 0 Å². The highest BCUT2D eigenvalue weighted by Crippen LogP contribution is 2.17. The maximum atomic E-state index is 11.8. The van der Waals surface area contributed by atoms with E-state index in [1.165, 1.54) is 0 Å². The lowest BCUT2D eigenvalue weighted by molar-refractivity contribution is -0.119. The third-order valence-electron chi connectivity index (χ3n) is 3.09. The Morgan fingerprint density at radius 2 is 2.09 bits per heavy atom. The molecule has 0 aromatic heterocycles. The summed E-state index contributed by atoms with van der Waals surface area (Å²) >= 11 is 5.17. The van der Waals surface area contributed by atoms with Gasteiger partial charge in [0.25, 0.3) is 0 Å². The molecule has 1 aromatic rings. The summed E-state index contributed by atoms with van der Waals surface area (Å²) in [4.78, 5) is 11.8. The molecule has 0 atom stereocenters. The van der Waals surface area contributed by atoms with Crippen LogP contribution >= 0.6 is 12.2 Å². The second-order valence-corrected chi connectivity index (χ2v) is 5.99. The number of anilines is 1. The van der Waals surface area contributed by atoms with Crippen LogP contribution in [0.2, 0.25) is 0 Å². The summed E-state index contributed by atoms with van der Waals surface area (Å²) in [5.74, 6) is 0.681. The number of unbranched alkanes of at least 4 members (excludes halogenated alkanes) is 3. The molecule has 0 aliphatic carbocycles. The summed E-state index contributed by atoms with van der Waals surface area (Å²) in [7, 11) is 0. The predicted molar refractivity (Wildman–Crippen MR) is 99.9 cm³/mol. The molecule has 0 aliphatic rings. The molecule has 0 unspecified atom stereocenters. The highest BCUT2D eigenvalue weighted by atomic mass is 32.1. The topological polar surface area (TPSA) is 50.4 Å². The van der Waals surface area contributed by atoms with Gasteiger partial charge in [-0.2, -0.15) is 0 Å². The molecule has 1 rings (SSSR count). The minimum absolute atomic E-state index is 0.0479. The summed E-state index contributed by atoms with van der Waals surface area (Å²) in [6.07, 6.45) is 4.79. The molecule has 1 aromatic carbocycles. The first kappa shape index (κ1) is 19.2. The smallest absolute Gasteiger partial charge is 0.226 e. The van der Waals surface area contributed by atoms with Crippen molar-refractivity contribution in [3.05, 3.63) is 36.4 Å². The molecule has 4 nitrogen and oxygen atoms in total. The molecule has 23 heavy (non-hydrogen) atoms. The third kappa shape index (κ3) is 8.98. The fourth-order valence-electron chi connectivity index (χ4n) is 1.93. The Bertz CT molecular complexity index is 544. The summed E-state index contributed by atoms with van der Waals surface area (Å²) in [5.41, 5.74) is 1.73. The highest BCUT2D eigenvalue weighted by Gasteiger charge is 2.05. The van der Waals surface area contributed by atoms with Crippen LogP contribution in [-0.4, -0.2) is 17.6 Å². The van der Waals surface area contributed by atoms with Crippen molar-refractivity contribution in [2.45, 2.75) is 46.0 Å². The molecule has 0 radical (unpaired) electrons. The Kier molecular flexibility index (Phi) is 8.98. The number of amides is 1. The lowest BCUT2D eigenvalue weighted by atomic mass is 10.1. The summed E-state index contributed by atoms with van der Waals surface area (Å²) in [6.45, 7) is 8.33. The summed E-state index contributed by atoms with van der Waals surface area (Å²) in [6, 6.07) is 7.44. The van der Waals surface area contributed by atoms with Crippen LogP contribution in [0, 0.1) is 0 Å². The maximum absolute atomic E-state index is 11.8. The van der Waals surface area contributed by atoms with Crippen molar-refractivity contribution in [3.8, 4) is 5.75 Å². The van der Waals surface area contributed by atoms with Gasteiger partial charge in [0.1, 0.15) is 12.4 Å². The van der Waals surface area contributed by atoms with Gasteiger partial charge in [0.05, 0.1) is 0 Å². The fourth-order valence-corrected chi connectivity index (χ4v) is 2.17. The monoisotopic (exact) mass is 334 g/mol. The Labute approximate surface area is 144 Å². The molecule has 0 saturated heterocycles. The van der Waals surface area contributed by atoms with Gasteiger partial charge < -0.3 is 15.4 Å². The van der Waals surface area contributed by atoms with Gasteiger partial charge >= 0.3 is 0 Å². The first-order chi connectivity index (χ1) is 11.0. The van der Waals surface area contributed by atoms with Crippen molar-refractivity contribution >= 4 is 28.9 Å². The van der Waals surface area contributed by atoms with Gasteiger partial charge in [-0.15, -0.1) is 0 Å². The van der Waals surface area contributed by atoms with E-state index in [1.807, 2.05) is 31.2 Å². The Balaban J connectivity index is 2.40. The van der Waals surface area contributed by atoms with Crippen molar-refractivity contribution in [2.24, 2.45) is 0 Å². The van der Waals surface area contributed by atoms with E-state index in [0.29, 0.717) is 18.1 Å². The maximum Gasteiger partial charge on any atom is 0.226 e. The fraction of sp³-hybridized carbons (Fsp3) is 0.444. The first-order valence-electron chi connectivity index (χ1n) is 7.99. The van der Waals surface area contributed by atoms with E-state index in [0.717, 1.165) is 42.7 Å². The van der Waals surface area contributed by atoms with Gasteiger partial charge in [0.2, 0.25) is 5.91 Å². The molecule has 0 aliphatic heterocycles. The summed E-state index contributed by atoms with van der Waals surface area (Å²) in [5, 5.41) is 6.01. The number of carbonyl (C=O) groups is 1. The van der Waals surface area contributed by atoms with Crippen LogP contribution in [0.4, 0.5) is 5.69 Å². The largest absolute Gasteiger partial charge is 0.489 e. The van der Waals surface area contributed by atoms with E-state index in [9.17, 15) is 4.79 Å². The normalized spacial score (nSPS) is 10.0. The number of thiocarbonyl (C=S) groups is 1. The minimum atomic E-state index is -0.0479. The molecular formula is C18H26N2O2S. The van der Waals surface area contributed by atoms with Crippen LogP contribution in [-0.2, 0) is 4.79 Å². The van der Waals surface area contributed by atoms with E-state index in [1.54, 1.807) is 0 Å². The van der Waals surface area contributed by atoms with Crippen LogP contribution in [0.1, 0.15) is 46.0 Å². The molecule has 1 amide bonds. The predicted octanol–water partition coefficient (Wildman–Crippen LogP) is 4.42. The van der Waals surface area contributed by atoms with Gasteiger partial charge in [-0.05, 0) is 43.3 Å². The first-order valence-corrected chi connectivity index (χ1v) is 8.40. The average Bonchev–Trinajstić information content (AvgIpc) is 2.50. The number of hydrogen-bond acceptors (Lipinski definition) is 3. The van der Waals surface area contributed by atoms with E-state index in [4.69, 9.17) is 17.0 Å². The van der Waals surface area contributed by atoms with Crippen molar-refractivity contribution < 1.29 is 9.53 Å². The number of rotatable bonds is 9. The van der Waals surface area contributed by atoms with Crippen molar-refractivity contribution in [1.82, 2.24) is 5.32 Å². The molecule has 126 valence electrons.